The van der Waals surface area contributed by atoms with Crippen molar-refractivity contribution in [2.45, 2.75) is 64.0 Å². The first-order valence-corrected chi connectivity index (χ1v) is 14.3. The molecule has 0 spiro atoms. The first-order valence-electron chi connectivity index (χ1n) is 14.0. The molecule has 2 fully saturated rings. The zero-order valence-corrected chi connectivity index (χ0v) is 23.9. The molecule has 0 saturated carbocycles. The minimum Gasteiger partial charge on any atom is -0.478 e. The van der Waals surface area contributed by atoms with Gasteiger partial charge in [-0.25, -0.2) is 14.2 Å². The van der Waals surface area contributed by atoms with Crippen LogP contribution in [0.3, 0.4) is 0 Å². The summed E-state index contributed by atoms with van der Waals surface area (Å²) in [7, 11) is 0. The summed E-state index contributed by atoms with van der Waals surface area (Å²) in [4.78, 5) is 18.5. The van der Waals surface area contributed by atoms with Crippen LogP contribution in [-0.2, 0) is 28.4 Å². The second-order valence-corrected chi connectivity index (χ2v) is 11.6. The zero-order valence-electron chi connectivity index (χ0n) is 23.1. The molecule has 0 radical (unpaired) electrons. The Hall–Kier alpha value is -3.40. The van der Waals surface area contributed by atoms with Gasteiger partial charge in [0.2, 0.25) is 0 Å². The smallest absolute Gasteiger partial charge is 0.331 e. The Bertz CT molecular complexity index is 1490. The molecule has 6 rings (SSSR count). The maximum Gasteiger partial charge on any atom is 0.331 e. The summed E-state index contributed by atoms with van der Waals surface area (Å²) in [6.45, 7) is 7.13. The lowest BCUT2D eigenvalue weighted by Gasteiger charge is -2.33. The number of hydrogen-bond donors (Lipinski definition) is 1. The Labute approximate surface area is 243 Å². The van der Waals surface area contributed by atoms with Gasteiger partial charge in [-0.05, 0) is 75.5 Å². The lowest BCUT2D eigenvalue weighted by Crippen LogP contribution is -2.35. The van der Waals surface area contributed by atoms with Gasteiger partial charge in [0, 0.05) is 29.7 Å². The van der Waals surface area contributed by atoms with Crippen LogP contribution in [0.4, 0.5) is 4.39 Å². The molecule has 2 atom stereocenters. The number of carbonyl (C=O) groups is 1. The molecule has 2 aromatic carbocycles. The predicted molar refractivity (Wildman–Crippen MR) is 152 cm³/mol. The van der Waals surface area contributed by atoms with E-state index in [0.717, 1.165) is 56.0 Å². The highest BCUT2D eigenvalue weighted by Crippen LogP contribution is 2.49. The largest absolute Gasteiger partial charge is 0.478 e. The van der Waals surface area contributed by atoms with E-state index in [0.29, 0.717) is 35.2 Å². The predicted octanol–water partition coefficient (Wildman–Crippen LogP) is 5.98. The number of imidazole rings is 1. The van der Waals surface area contributed by atoms with Crippen LogP contribution in [0.15, 0.2) is 48.2 Å². The lowest BCUT2D eigenvalue weighted by molar-refractivity contribution is -0.132. The Kier molecular flexibility index (Phi) is 7.52. The topological polar surface area (TPSA) is 86.0 Å². The van der Waals surface area contributed by atoms with Crippen LogP contribution >= 0.6 is 11.6 Å². The van der Waals surface area contributed by atoms with Crippen molar-refractivity contribution in [3.63, 3.8) is 0 Å². The summed E-state index contributed by atoms with van der Waals surface area (Å²) in [5.74, 6) is -0.240. The van der Waals surface area contributed by atoms with E-state index in [1.54, 1.807) is 38.3 Å². The number of nitrogens with zero attached hydrogens (tertiary/aromatic N) is 3. The number of ether oxygens (including phenoxy) is 3. The van der Waals surface area contributed by atoms with E-state index in [1.807, 2.05) is 12.1 Å². The molecule has 1 N–H and O–H groups in total. The molecule has 4 heterocycles. The molecule has 3 aromatic rings. The second kappa shape index (κ2) is 11.1. The number of likely N-dealkylation sites (tertiary alicyclic amines) is 1. The molecule has 10 heteroatoms. The van der Waals surface area contributed by atoms with Crippen LogP contribution in [0.25, 0.3) is 6.08 Å². The van der Waals surface area contributed by atoms with Crippen molar-refractivity contribution in [3.05, 3.63) is 81.7 Å². The van der Waals surface area contributed by atoms with Gasteiger partial charge in [0.1, 0.15) is 11.6 Å². The summed E-state index contributed by atoms with van der Waals surface area (Å²) >= 11 is 5.96. The van der Waals surface area contributed by atoms with Crippen molar-refractivity contribution in [2.24, 2.45) is 0 Å². The first kappa shape index (κ1) is 27.8. The number of halogens is 2. The minimum absolute atomic E-state index is 0.125. The Balaban J connectivity index is 1.15. The van der Waals surface area contributed by atoms with Crippen molar-refractivity contribution in [1.29, 1.82) is 0 Å². The number of para-hydroxylation sites is 1. The molecule has 216 valence electrons. The van der Waals surface area contributed by atoms with Crippen LogP contribution in [0, 0.1) is 5.82 Å². The van der Waals surface area contributed by atoms with E-state index in [1.165, 1.54) is 6.07 Å². The number of carboxylic acid groups (broad SMARTS) is 1. The molecular formula is C31H33ClFN3O5. The fourth-order valence-corrected chi connectivity index (χ4v) is 5.99. The van der Waals surface area contributed by atoms with Crippen LogP contribution in [0.1, 0.15) is 61.7 Å². The van der Waals surface area contributed by atoms with Gasteiger partial charge in [0.05, 0.1) is 36.6 Å². The molecule has 0 amide bonds. The number of piperidine rings is 1. The average Bonchev–Trinajstić information content (AvgIpc) is 3.46. The molecule has 2 saturated heterocycles. The molecule has 0 bridgehead atoms. The molecule has 41 heavy (non-hydrogen) atoms. The standard InChI is InChI=1S/C31H33ClFN3O5/c1-19(30(37)38)14-22-16-34-28(36(22)17-23-10-13-39-23)18-35-11-8-20(9-12-35)24-4-3-5-27-29(24)41-31(2,40-27)25-7-6-21(32)15-26(25)33/h3-7,14-16,20,23H,8-13,17-18H2,1-2H3,(H,37,38)/b19-14+/t23-,31+/m0/s1. The molecule has 8 nitrogen and oxygen atoms in total. The fraction of sp³-hybridized carbons (Fsp3) is 0.419. The number of benzene rings is 2. The van der Waals surface area contributed by atoms with Gasteiger partial charge in [-0.15, -0.1) is 0 Å². The maximum atomic E-state index is 14.8. The van der Waals surface area contributed by atoms with Crippen LogP contribution in [0.2, 0.25) is 5.02 Å². The van der Waals surface area contributed by atoms with Gasteiger partial charge in [0.25, 0.3) is 5.79 Å². The molecule has 0 unspecified atom stereocenters. The SMILES string of the molecule is C/C(=C\c1cnc(CN2CCC(c3cccc4c3O[C@](C)(c3ccc(Cl)cc3F)O4)CC2)n1C[C@@H]1CCO1)C(=O)O. The summed E-state index contributed by atoms with van der Waals surface area (Å²) in [5.41, 5.74) is 2.42. The normalized spacial score (nSPS) is 23.0. The van der Waals surface area contributed by atoms with E-state index in [2.05, 4.69) is 20.5 Å². The van der Waals surface area contributed by atoms with E-state index in [-0.39, 0.29) is 17.6 Å². The Morgan fingerprint density at radius 1 is 1.22 bits per heavy atom. The number of fused-ring (bicyclic) bond motifs is 1. The molecule has 3 aliphatic rings. The minimum atomic E-state index is -1.28. The van der Waals surface area contributed by atoms with Crippen molar-refractivity contribution in [3.8, 4) is 11.5 Å². The van der Waals surface area contributed by atoms with E-state index < -0.39 is 17.6 Å². The zero-order chi connectivity index (χ0) is 28.7. The van der Waals surface area contributed by atoms with Gasteiger partial charge in [-0.1, -0.05) is 23.7 Å². The third-order valence-corrected chi connectivity index (χ3v) is 8.51. The summed E-state index contributed by atoms with van der Waals surface area (Å²) in [5, 5.41) is 9.68. The highest BCUT2D eigenvalue weighted by Gasteiger charge is 2.43. The van der Waals surface area contributed by atoms with E-state index in [9.17, 15) is 14.3 Å². The van der Waals surface area contributed by atoms with Crippen LogP contribution in [-0.4, -0.2) is 51.3 Å². The van der Waals surface area contributed by atoms with Crippen LogP contribution < -0.4 is 9.47 Å². The number of aromatic nitrogens is 2. The van der Waals surface area contributed by atoms with Gasteiger partial charge >= 0.3 is 5.97 Å². The van der Waals surface area contributed by atoms with Crippen LogP contribution in [0.5, 0.6) is 11.5 Å². The third-order valence-electron chi connectivity index (χ3n) is 8.27. The number of hydrogen-bond acceptors (Lipinski definition) is 6. The first-order chi connectivity index (χ1) is 19.7. The molecule has 3 aliphatic heterocycles. The average molecular weight is 582 g/mol. The van der Waals surface area contributed by atoms with Crippen molar-refractivity contribution < 1.29 is 28.5 Å². The highest BCUT2D eigenvalue weighted by molar-refractivity contribution is 6.30. The van der Waals surface area contributed by atoms with Gasteiger partial charge in [0.15, 0.2) is 11.5 Å². The Morgan fingerprint density at radius 3 is 2.68 bits per heavy atom. The quantitative estimate of drug-likeness (QED) is 0.328. The number of carboxylic acids is 1. The van der Waals surface area contributed by atoms with Gasteiger partial charge in [-0.2, -0.15) is 0 Å². The van der Waals surface area contributed by atoms with Crippen molar-refractivity contribution in [2.75, 3.05) is 19.7 Å². The van der Waals surface area contributed by atoms with Gasteiger partial charge < -0.3 is 23.9 Å². The monoisotopic (exact) mass is 581 g/mol. The second-order valence-electron chi connectivity index (χ2n) is 11.1. The molecule has 1 aromatic heterocycles. The van der Waals surface area contributed by atoms with Gasteiger partial charge in [-0.3, -0.25) is 4.90 Å². The number of aliphatic carboxylic acids is 1. The van der Waals surface area contributed by atoms with E-state index in [4.69, 9.17) is 25.8 Å². The summed E-state index contributed by atoms with van der Waals surface area (Å²) < 4.78 is 35.0. The molecule has 0 aliphatic carbocycles. The molecular weight excluding hydrogens is 549 g/mol. The third kappa shape index (κ3) is 5.58. The summed E-state index contributed by atoms with van der Waals surface area (Å²) in [6.07, 6.45) is 6.37. The van der Waals surface area contributed by atoms with Crippen molar-refractivity contribution in [1.82, 2.24) is 14.5 Å². The fourth-order valence-electron chi connectivity index (χ4n) is 5.84. The number of rotatable bonds is 8. The van der Waals surface area contributed by atoms with E-state index >= 15 is 0 Å². The van der Waals surface area contributed by atoms with Crippen molar-refractivity contribution >= 4 is 23.6 Å². The maximum absolute atomic E-state index is 14.8. The highest BCUT2D eigenvalue weighted by atomic mass is 35.5. The lowest BCUT2D eigenvalue weighted by atomic mass is 9.88. The Morgan fingerprint density at radius 2 is 2.00 bits per heavy atom. The summed E-state index contributed by atoms with van der Waals surface area (Å²) in [6, 6.07) is 10.4.